The third kappa shape index (κ3) is 3.37. The molecule has 1 N–H and O–H groups in total. The highest BCUT2D eigenvalue weighted by Crippen LogP contribution is 2.44. The van der Waals surface area contributed by atoms with Gasteiger partial charge >= 0.3 is 0 Å². The molecule has 2 aromatic rings. The number of aliphatic hydroxyl groups is 1. The molecule has 0 spiro atoms. The first kappa shape index (κ1) is 15.8. The summed E-state index contributed by atoms with van der Waals surface area (Å²) in [7, 11) is 2.59. The van der Waals surface area contributed by atoms with Crippen LogP contribution in [0.3, 0.4) is 0 Å². The maximum atomic E-state index is 9.69. The molecule has 0 bridgehead atoms. The van der Waals surface area contributed by atoms with Gasteiger partial charge in [-0.3, -0.25) is 0 Å². The van der Waals surface area contributed by atoms with E-state index in [-0.39, 0.29) is 12.3 Å². The summed E-state index contributed by atoms with van der Waals surface area (Å²) in [5.41, 5.74) is 0.118. The van der Waals surface area contributed by atoms with Crippen LogP contribution in [0.25, 0.3) is 0 Å². The predicted molar refractivity (Wildman–Crippen MR) is 88.7 cm³/mol. The zero-order valence-corrected chi connectivity index (χ0v) is 13.5. The second kappa shape index (κ2) is 7.44. The summed E-state index contributed by atoms with van der Waals surface area (Å²) >= 11 is 0. The van der Waals surface area contributed by atoms with E-state index in [0.717, 1.165) is 22.1 Å². The molecule has 0 saturated heterocycles. The van der Waals surface area contributed by atoms with Crippen molar-refractivity contribution in [2.45, 2.75) is 12.6 Å². The van der Waals surface area contributed by atoms with Crippen molar-refractivity contribution in [3.8, 4) is 11.5 Å². The van der Waals surface area contributed by atoms with Crippen molar-refractivity contribution in [1.29, 1.82) is 0 Å². The van der Waals surface area contributed by atoms with Gasteiger partial charge in [0.25, 0.3) is 0 Å². The average molecular weight is 304 g/mol. The zero-order chi connectivity index (χ0) is 15.2. The van der Waals surface area contributed by atoms with Crippen LogP contribution < -0.4 is 20.1 Å². The fraction of sp³-hybridized carbons (Fsp3) is 0.294. The molecule has 4 heteroatoms. The van der Waals surface area contributed by atoms with Gasteiger partial charge in [0.1, 0.15) is 11.5 Å². The smallest absolute Gasteiger partial charge is 0.126 e. The summed E-state index contributed by atoms with van der Waals surface area (Å²) in [6.07, 6.45) is 0. The van der Waals surface area contributed by atoms with E-state index in [4.69, 9.17) is 9.47 Å². The first-order valence-corrected chi connectivity index (χ1v) is 8.30. The summed E-state index contributed by atoms with van der Waals surface area (Å²) < 4.78 is 11.0. The summed E-state index contributed by atoms with van der Waals surface area (Å²) in [6, 6.07) is 16.0. The molecule has 0 saturated carbocycles. The van der Waals surface area contributed by atoms with Gasteiger partial charge in [-0.2, -0.15) is 0 Å². The molecule has 0 aliphatic heterocycles. The Kier molecular flexibility index (Phi) is 5.60. The molecular weight excluding hydrogens is 283 g/mol. The Morgan fingerprint density at radius 2 is 1.33 bits per heavy atom. The third-order valence-corrected chi connectivity index (χ3v) is 6.22. The van der Waals surface area contributed by atoms with Crippen LogP contribution in [0.1, 0.15) is 6.92 Å². The Labute approximate surface area is 127 Å². The normalized spacial score (nSPS) is 12.2. The van der Waals surface area contributed by atoms with Gasteiger partial charge in [0.05, 0.1) is 20.8 Å². The molecule has 2 aromatic carbocycles. The lowest BCUT2D eigenvalue weighted by molar-refractivity contribution is 0.299. The summed E-state index contributed by atoms with van der Waals surface area (Å²) in [6.45, 7) is 2.19. The molecule has 0 heterocycles. The van der Waals surface area contributed by atoms with Crippen molar-refractivity contribution in [2.24, 2.45) is 0 Å². The number of benzene rings is 2. The van der Waals surface area contributed by atoms with Crippen LogP contribution in [0.15, 0.2) is 48.5 Å². The fourth-order valence-electron chi connectivity index (χ4n) is 2.34. The lowest BCUT2D eigenvalue weighted by atomic mass is 10.3. The van der Waals surface area contributed by atoms with E-state index in [2.05, 4.69) is 19.1 Å². The second-order valence-electron chi connectivity index (χ2n) is 4.75. The van der Waals surface area contributed by atoms with Gasteiger partial charge in [0.2, 0.25) is 0 Å². The van der Waals surface area contributed by atoms with Crippen LogP contribution in [0.5, 0.6) is 11.5 Å². The monoisotopic (exact) mass is 304 g/mol. The van der Waals surface area contributed by atoms with Gasteiger partial charge in [0, 0.05) is 16.3 Å². The second-order valence-corrected chi connectivity index (χ2v) is 7.33. The van der Waals surface area contributed by atoms with Crippen molar-refractivity contribution in [3.63, 3.8) is 0 Å². The number of para-hydroxylation sites is 2. The molecule has 0 aromatic heterocycles. The molecule has 0 aliphatic rings. The molecule has 1 unspecified atom stereocenters. The molecule has 0 amide bonds. The molecule has 0 fully saturated rings. The van der Waals surface area contributed by atoms with Crippen LogP contribution in [0.4, 0.5) is 0 Å². The number of hydrogen-bond acceptors (Lipinski definition) is 3. The van der Waals surface area contributed by atoms with Gasteiger partial charge in [0.15, 0.2) is 0 Å². The van der Waals surface area contributed by atoms with Gasteiger partial charge in [-0.25, -0.2) is 0 Å². The summed E-state index contributed by atoms with van der Waals surface area (Å²) in [4.78, 5) is 0. The lowest BCUT2D eigenvalue weighted by Crippen LogP contribution is -2.24. The highest BCUT2D eigenvalue weighted by Gasteiger charge is 2.25. The van der Waals surface area contributed by atoms with Crippen molar-refractivity contribution >= 4 is 18.5 Å². The number of hydrogen-bond donors (Lipinski definition) is 1. The van der Waals surface area contributed by atoms with E-state index < -0.39 is 7.92 Å². The van der Waals surface area contributed by atoms with E-state index in [1.165, 1.54) is 0 Å². The van der Waals surface area contributed by atoms with Crippen LogP contribution in [-0.4, -0.2) is 31.6 Å². The maximum absolute atomic E-state index is 9.69. The van der Waals surface area contributed by atoms with Gasteiger partial charge in [-0.1, -0.05) is 43.3 Å². The summed E-state index contributed by atoms with van der Waals surface area (Å²) in [5.74, 6) is 1.71. The van der Waals surface area contributed by atoms with E-state index in [9.17, 15) is 5.11 Å². The lowest BCUT2D eigenvalue weighted by Gasteiger charge is -2.27. The minimum atomic E-state index is -0.765. The molecule has 0 radical (unpaired) electrons. The zero-order valence-electron chi connectivity index (χ0n) is 12.6. The number of methoxy groups -OCH3 is 2. The Morgan fingerprint density at radius 3 is 1.71 bits per heavy atom. The molecule has 112 valence electrons. The van der Waals surface area contributed by atoms with Crippen LogP contribution >= 0.6 is 7.92 Å². The van der Waals surface area contributed by atoms with Gasteiger partial charge in [-0.15, -0.1) is 0 Å². The van der Waals surface area contributed by atoms with Crippen LogP contribution in [0.2, 0.25) is 0 Å². The maximum Gasteiger partial charge on any atom is 0.126 e. The van der Waals surface area contributed by atoms with Crippen molar-refractivity contribution in [3.05, 3.63) is 48.5 Å². The first-order valence-electron chi connectivity index (χ1n) is 6.89. The van der Waals surface area contributed by atoms with Crippen LogP contribution in [0, 0.1) is 0 Å². The Bertz CT molecular complexity index is 538. The van der Waals surface area contributed by atoms with Crippen LogP contribution in [-0.2, 0) is 0 Å². The number of aliphatic hydroxyl groups excluding tert-OH is 1. The molecule has 2 rings (SSSR count). The molecule has 21 heavy (non-hydrogen) atoms. The standard InChI is InChI=1S/C17H21O3P/c1-13(12-18)21(16-10-6-4-8-14(16)19-2)17-11-7-5-9-15(17)20-3/h4-11,13,18H,12H2,1-3H3. The Balaban J connectivity index is 2.58. The fourth-order valence-corrected chi connectivity index (χ4v) is 5.02. The molecule has 0 aliphatic carbocycles. The van der Waals surface area contributed by atoms with Crippen molar-refractivity contribution < 1.29 is 14.6 Å². The molecular formula is C17H21O3P. The summed E-state index contributed by atoms with van der Waals surface area (Å²) in [5, 5.41) is 11.9. The van der Waals surface area contributed by atoms with E-state index in [1.807, 2.05) is 36.4 Å². The highest BCUT2D eigenvalue weighted by atomic mass is 31.1. The van der Waals surface area contributed by atoms with E-state index in [0.29, 0.717) is 0 Å². The Morgan fingerprint density at radius 1 is 0.905 bits per heavy atom. The molecule has 1 atom stereocenters. The Hall–Kier alpha value is -1.57. The third-order valence-electron chi connectivity index (χ3n) is 3.39. The minimum absolute atomic E-state index is 0.118. The first-order chi connectivity index (χ1) is 10.2. The number of ether oxygens (including phenoxy) is 2. The minimum Gasteiger partial charge on any atom is -0.496 e. The topological polar surface area (TPSA) is 38.7 Å². The van der Waals surface area contributed by atoms with E-state index in [1.54, 1.807) is 14.2 Å². The number of rotatable bonds is 6. The van der Waals surface area contributed by atoms with E-state index >= 15 is 0 Å². The van der Waals surface area contributed by atoms with Crippen molar-refractivity contribution in [1.82, 2.24) is 0 Å². The van der Waals surface area contributed by atoms with Gasteiger partial charge < -0.3 is 14.6 Å². The average Bonchev–Trinajstić information content (AvgIpc) is 2.55. The van der Waals surface area contributed by atoms with Crippen molar-refractivity contribution in [2.75, 3.05) is 20.8 Å². The molecule has 3 nitrogen and oxygen atoms in total. The highest BCUT2D eigenvalue weighted by molar-refractivity contribution is 7.74. The van der Waals surface area contributed by atoms with Gasteiger partial charge in [-0.05, 0) is 20.1 Å². The predicted octanol–water partition coefficient (Wildman–Crippen LogP) is 2.52. The largest absolute Gasteiger partial charge is 0.496 e. The SMILES string of the molecule is COc1ccccc1P(c1ccccc1OC)C(C)CO. The quantitative estimate of drug-likeness (QED) is 0.834.